The Bertz CT molecular complexity index is 526. The molecule has 3 rings (SSSR count). The Morgan fingerprint density at radius 1 is 1.20 bits per heavy atom. The van der Waals surface area contributed by atoms with Crippen LogP contribution in [0.4, 0.5) is 0 Å². The summed E-state index contributed by atoms with van der Waals surface area (Å²) in [5, 5.41) is 3.59. The number of benzene rings is 1. The summed E-state index contributed by atoms with van der Waals surface area (Å²) in [5.74, 6) is 0. The Balaban J connectivity index is 1.80. The van der Waals surface area contributed by atoms with E-state index in [1.165, 1.54) is 11.1 Å². The van der Waals surface area contributed by atoms with Gasteiger partial charge in [-0.2, -0.15) is 0 Å². The lowest BCUT2D eigenvalue weighted by atomic mass is 10.0. The van der Waals surface area contributed by atoms with Crippen LogP contribution in [0, 0.1) is 0 Å². The summed E-state index contributed by atoms with van der Waals surface area (Å²) >= 11 is 0. The number of aromatic nitrogens is 1. The molecule has 1 fully saturated rings. The van der Waals surface area contributed by atoms with Crippen LogP contribution in [0.5, 0.6) is 0 Å². The fourth-order valence-electron chi connectivity index (χ4n) is 2.89. The van der Waals surface area contributed by atoms with Gasteiger partial charge in [-0.1, -0.05) is 36.4 Å². The molecule has 1 saturated heterocycles. The van der Waals surface area contributed by atoms with Crippen LogP contribution in [-0.2, 0) is 6.54 Å². The third-order valence-corrected chi connectivity index (χ3v) is 3.90. The van der Waals surface area contributed by atoms with Crippen LogP contribution in [0.25, 0.3) is 0 Å². The Kier molecular flexibility index (Phi) is 4.09. The minimum Gasteiger partial charge on any atom is -0.311 e. The first-order valence-corrected chi connectivity index (χ1v) is 7.24. The molecule has 0 saturated carbocycles. The van der Waals surface area contributed by atoms with Crippen molar-refractivity contribution < 1.29 is 0 Å². The third-order valence-electron chi connectivity index (χ3n) is 3.90. The molecule has 3 heteroatoms. The molecular formula is C17H21N3. The van der Waals surface area contributed by atoms with Gasteiger partial charge in [-0.3, -0.25) is 9.88 Å². The van der Waals surface area contributed by atoms with Crippen LogP contribution in [0.3, 0.4) is 0 Å². The Morgan fingerprint density at radius 2 is 2.05 bits per heavy atom. The van der Waals surface area contributed by atoms with Crippen molar-refractivity contribution in [3.05, 3.63) is 66.0 Å². The molecule has 2 aromatic rings. The maximum atomic E-state index is 4.22. The second-order valence-electron chi connectivity index (χ2n) is 5.53. The molecule has 1 aliphatic heterocycles. The zero-order valence-electron chi connectivity index (χ0n) is 11.9. The van der Waals surface area contributed by atoms with Gasteiger partial charge in [0.05, 0.1) is 0 Å². The molecule has 2 unspecified atom stereocenters. The number of hydrogen-bond acceptors (Lipinski definition) is 3. The Labute approximate surface area is 120 Å². The largest absolute Gasteiger partial charge is 0.311 e. The third kappa shape index (κ3) is 3.06. The van der Waals surface area contributed by atoms with Gasteiger partial charge in [0.25, 0.3) is 0 Å². The predicted molar refractivity (Wildman–Crippen MR) is 81.3 cm³/mol. The van der Waals surface area contributed by atoms with E-state index in [4.69, 9.17) is 0 Å². The second kappa shape index (κ2) is 6.16. The van der Waals surface area contributed by atoms with Crippen molar-refractivity contribution in [3.63, 3.8) is 0 Å². The lowest BCUT2D eigenvalue weighted by Gasteiger charge is -2.39. The molecule has 0 radical (unpaired) electrons. The summed E-state index contributed by atoms with van der Waals surface area (Å²) < 4.78 is 0. The molecule has 1 aromatic heterocycles. The van der Waals surface area contributed by atoms with Crippen molar-refractivity contribution >= 4 is 0 Å². The summed E-state index contributed by atoms with van der Waals surface area (Å²) in [6.07, 6.45) is 3.80. The number of piperazine rings is 1. The monoisotopic (exact) mass is 267 g/mol. The zero-order chi connectivity index (χ0) is 13.8. The maximum absolute atomic E-state index is 4.22. The van der Waals surface area contributed by atoms with Crippen molar-refractivity contribution in [1.82, 2.24) is 15.2 Å². The van der Waals surface area contributed by atoms with Crippen molar-refractivity contribution in [1.29, 1.82) is 0 Å². The highest BCUT2D eigenvalue weighted by atomic mass is 15.2. The average Bonchev–Trinajstić information content (AvgIpc) is 2.49. The van der Waals surface area contributed by atoms with Crippen LogP contribution in [0.2, 0.25) is 0 Å². The molecule has 1 aromatic carbocycles. The van der Waals surface area contributed by atoms with E-state index in [1.807, 2.05) is 18.5 Å². The maximum Gasteiger partial charge on any atom is 0.0476 e. The summed E-state index contributed by atoms with van der Waals surface area (Å²) in [5.41, 5.74) is 2.67. The van der Waals surface area contributed by atoms with Crippen LogP contribution >= 0.6 is 0 Å². The predicted octanol–water partition coefficient (Wildman–Crippen LogP) is 2.62. The molecule has 1 N–H and O–H groups in total. The van der Waals surface area contributed by atoms with E-state index >= 15 is 0 Å². The number of hydrogen-bond donors (Lipinski definition) is 1. The van der Waals surface area contributed by atoms with Gasteiger partial charge < -0.3 is 5.32 Å². The second-order valence-corrected chi connectivity index (χ2v) is 5.53. The molecule has 104 valence electrons. The van der Waals surface area contributed by atoms with Gasteiger partial charge >= 0.3 is 0 Å². The molecule has 0 bridgehead atoms. The van der Waals surface area contributed by atoms with Crippen molar-refractivity contribution in [3.8, 4) is 0 Å². The van der Waals surface area contributed by atoms with Gasteiger partial charge in [-0.25, -0.2) is 0 Å². The lowest BCUT2D eigenvalue weighted by Crippen LogP contribution is -2.50. The van der Waals surface area contributed by atoms with Gasteiger partial charge in [0.2, 0.25) is 0 Å². The van der Waals surface area contributed by atoms with E-state index in [0.717, 1.165) is 19.6 Å². The summed E-state index contributed by atoms with van der Waals surface area (Å²) in [4.78, 5) is 6.77. The number of pyridine rings is 1. The summed E-state index contributed by atoms with van der Waals surface area (Å²) in [6.45, 7) is 5.27. The van der Waals surface area contributed by atoms with Crippen molar-refractivity contribution in [2.75, 3.05) is 13.1 Å². The fourth-order valence-corrected chi connectivity index (χ4v) is 2.89. The highest BCUT2D eigenvalue weighted by Crippen LogP contribution is 2.25. The molecule has 3 nitrogen and oxygen atoms in total. The van der Waals surface area contributed by atoms with Gasteiger partial charge in [-0.05, 0) is 24.1 Å². The zero-order valence-corrected chi connectivity index (χ0v) is 11.9. The van der Waals surface area contributed by atoms with Gasteiger partial charge in [0.1, 0.15) is 0 Å². The molecule has 2 heterocycles. The minimum absolute atomic E-state index is 0.438. The summed E-state index contributed by atoms with van der Waals surface area (Å²) in [7, 11) is 0. The molecule has 0 amide bonds. The van der Waals surface area contributed by atoms with E-state index in [-0.39, 0.29) is 0 Å². The number of nitrogens with one attached hydrogen (secondary N) is 1. The number of rotatable bonds is 3. The first-order chi connectivity index (χ1) is 9.83. The first kappa shape index (κ1) is 13.3. The molecule has 2 atom stereocenters. The SMILES string of the molecule is CC1CN(Cc2cccnc2)C(c2ccccc2)CN1. The van der Waals surface area contributed by atoms with Crippen molar-refractivity contribution in [2.45, 2.75) is 25.6 Å². The van der Waals surface area contributed by atoms with Gasteiger partial charge in [-0.15, -0.1) is 0 Å². The lowest BCUT2D eigenvalue weighted by molar-refractivity contribution is 0.127. The van der Waals surface area contributed by atoms with Crippen LogP contribution < -0.4 is 5.32 Å². The van der Waals surface area contributed by atoms with E-state index in [1.54, 1.807) is 0 Å². The van der Waals surface area contributed by atoms with Crippen LogP contribution in [0.1, 0.15) is 24.1 Å². The molecule has 1 aliphatic rings. The Hall–Kier alpha value is -1.71. The first-order valence-electron chi connectivity index (χ1n) is 7.24. The standard InChI is InChI=1S/C17H21N3/c1-14-12-20(13-15-6-5-9-18-10-15)17(11-19-14)16-7-3-2-4-8-16/h2-10,14,17,19H,11-13H2,1H3. The van der Waals surface area contributed by atoms with Crippen LogP contribution in [-0.4, -0.2) is 29.0 Å². The minimum atomic E-state index is 0.438. The smallest absolute Gasteiger partial charge is 0.0476 e. The molecule has 0 spiro atoms. The molecule has 20 heavy (non-hydrogen) atoms. The van der Waals surface area contributed by atoms with E-state index in [2.05, 4.69) is 58.5 Å². The quantitative estimate of drug-likeness (QED) is 0.926. The van der Waals surface area contributed by atoms with Crippen molar-refractivity contribution in [2.24, 2.45) is 0 Å². The van der Waals surface area contributed by atoms with Crippen LogP contribution in [0.15, 0.2) is 54.9 Å². The molecular weight excluding hydrogens is 246 g/mol. The number of nitrogens with zero attached hydrogens (tertiary/aromatic N) is 2. The van der Waals surface area contributed by atoms with Gasteiger partial charge in [0.15, 0.2) is 0 Å². The topological polar surface area (TPSA) is 28.2 Å². The normalized spacial score (nSPS) is 23.6. The fraction of sp³-hybridized carbons (Fsp3) is 0.353. The Morgan fingerprint density at radius 3 is 2.80 bits per heavy atom. The van der Waals surface area contributed by atoms with E-state index in [0.29, 0.717) is 12.1 Å². The van der Waals surface area contributed by atoms with E-state index in [9.17, 15) is 0 Å². The summed E-state index contributed by atoms with van der Waals surface area (Å²) in [6, 6.07) is 15.9. The average molecular weight is 267 g/mol. The highest BCUT2D eigenvalue weighted by molar-refractivity contribution is 5.21. The van der Waals surface area contributed by atoms with Gasteiger partial charge in [0, 0.05) is 44.1 Å². The highest BCUT2D eigenvalue weighted by Gasteiger charge is 2.26. The molecule has 0 aliphatic carbocycles. The van der Waals surface area contributed by atoms with E-state index < -0.39 is 0 Å².